The number of fused-ring (bicyclic) bond motifs is 1. The Morgan fingerprint density at radius 1 is 1.20 bits per heavy atom. The highest BCUT2D eigenvalue weighted by Crippen LogP contribution is 2.78. The largest absolute Gasteiger partial charge is 0.376 e. The fourth-order valence-electron chi connectivity index (χ4n) is 3.89. The first kappa shape index (κ1) is 10.1. The molecule has 0 aromatic heterocycles. The van der Waals surface area contributed by atoms with Gasteiger partial charge in [0, 0.05) is 12.0 Å². The zero-order chi connectivity index (χ0) is 10.4. The smallest absolute Gasteiger partial charge is 0.0637 e. The second-order valence-corrected chi connectivity index (χ2v) is 5.69. The van der Waals surface area contributed by atoms with E-state index in [0.29, 0.717) is 11.5 Å². The summed E-state index contributed by atoms with van der Waals surface area (Å²) in [7, 11) is 0. The summed E-state index contributed by atoms with van der Waals surface area (Å²) >= 11 is 0. The van der Waals surface area contributed by atoms with Crippen LogP contribution in [-0.4, -0.2) is 25.8 Å². The molecular formula is C13H23NO. The molecule has 0 saturated heterocycles. The molecule has 3 fully saturated rings. The molecule has 2 nitrogen and oxygen atoms in total. The second-order valence-electron chi connectivity index (χ2n) is 5.69. The third-order valence-electron chi connectivity index (χ3n) is 5.28. The van der Waals surface area contributed by atoms with Crippen molar-refractivity contribution in [2.75, 3.05) is 19.7 Å². The molecule has 2 unspecified atom stereocenters. The van der Waals surface area contributed by atoms with Crippen molar-refractivity contribution in [1.82, 2.24) is 5.32 Å². The van der Waals surface area contributed by atoms with Crippen molar-refractivity contribution in [2.24, 2.45) is 10.8 Å². The third kappa shape index (κ3) is 1.31. The van der Waals surface area contributed by atoms with E-state index in [4.69, 9.17) is 4.74 Å². The number of hydrogen-bond donors (Lipinski definition) is 1. The van der Waals surface area contributed by atoms with Crippen molar-refractivity contribution < 1.29 is 4.74 Å². The Kier molecular flexibility index (Phi) is 2.33. The number of rotatable bonds is 5. The summed E-state index contributed by atoms with van der Waals surface area (Å²) in [6, 6.07) is 0. The monoisotopic (exact) mass is 209 g/mol. The van der Waals surface area contributed by atoms with Crippen LogP contribution in [0.25, 0.3) is 0 Å². The van der Waals surface area contributed by atoms with E-state index in [1.165, 1.54) is 38.5 Å². The molecule has 15 heavy (non-hydrogen) atoms. The summed E-state index contributed by atoms with van der Waals surface area (Å²) in [4.78, 5) is 0. The van der Waals surface area contributed by atoms with E-state index in [1.54, 1.807) is 0 Å². The average Bonchev–Trinajstić information content (AvgIpc) is 2.96. The molecule has 0 radical (unpaired) electrons. The van der Waals surface area contributed by atoms with Gasteiger partial charge in [-0.15, -0.1) is 0 Å². The van der Waals surface area contributed by atoms with Gasteiger partial charge in [-0.1, -0.05) is 6.92 Å². The van der Waals surface area contributed by atoms with Crippen LogP contribution in [0.5, 0.6) is 0 Å². The summed E-state index contributed by atoms with van der Waals surface area (Å²) in [5.74, 6) is 0. The van der Waals surface area contributed by atoms with Gasteiger partial charge in [-0.05, 0) is 50.5 Å². The minimum absolute atomic E-state index is 0.618. The minimum atomic E-state index is 0.618. The standard InChI is InChI=1S/C13H23NO/c1-2-14-9-10-15-11-3-4-13(11)8-7-12(13)5-6-12/h11,14H,2-10H2,1H3. The van der Waals surface area contributed by atoms with Gasteiger partial charge in [-0.25, -0.2) is 0 Å². The number of nitrogens with one attached hydrogen (secondary N) is 1. The lowest BCUT2D eigenvalue weighted by molar-refractivity contribution is -0.199. The molecule has 86 valence electrons. The molecular weight excluding hydrogens is 186 g/mol. The minimum Gasteiger partial charge on any atom is -0.376 e. The van der Waals surface area contributed by atoms with Gasteiger partial charge >= 0.3 is 0 Å². The van der Waals surface area contributed by atoms with Gasteiger partial charge in [-0.3, -0.25) is 0 Å². The predicted molar refractivity (Wildman–Crippen MR) is 60.9 cm³/mol. The van der Waals surface area contributed by atoms with Gasteiger partial charge in [0.2, 0.25) is 0 Å². The number of likely N-dealkylation sites (N-methyl/N-ethyl adjacent to an activating group) is 1. The molecule has 0 bridgehead atoms. The SMILES string of the molecule is CCNCCOC1CCC12CCC21CC1. The van der Waals surface area contributed by atoms with Gasteiger partial charge in [0.05, 0.1) is 12.7 Å². The lowest BCUT2D eigenvalue weighted by Gasteiger charge is -2.62. The first-order chi connectivity index (χ1) is 7.33. The van der Waals surface area contributed by atoms with Gasteiger partial charge in [0.25, 0.3) is 0 Å². The van der Waals surface area contributed by atoms with E-state index in [1.807, 2.05) is 0 Å². The Hall–Kier alpha value is -0.0800. The van der Waals surface area contributed by atoms with Crippen LogP contribution < -0.4 is 5.32 Å². The van der Waals surface area contributed by atoms with Crippen LogP contribution in [-0.2, 0) is 4.74 Å². The molecule has 3 aliphatic carbocycles. The van der Waals surface area contributed by atoms with Crippen molar-refractivity contribution in [3.05, 3.63) is 0 Å². The van der Waals surface area contributed by atoms with Crippen molar-refractivity contribution in [3.8, 4) is 0 Å². The quantitative estimate of drug-likeness (QED) is 0.702. The Morgan fingerprint density at radius 3 is 2.47 bits per heavy atom. The Balaban J connectivity index is 1.47. The third-order valence-corrected chi connectivity index (χ3v) is 5.28. The highest BCUT2D eigenvalue weighted by Gasteiger charge is 2.71. The molecule has 2 spiro atoms. The summed E-state index contributed by atoms with van der Waals surface area (Å²) in [6.45, 7) is 5.14. The van der Waals surface area contributed by atoms with E-state index in [-0.39, 0.29) is 0 Å². The fourth-order valence-corrected chi connectivity index (χ4v) is 3.89. The van der Waals surface area contributed by atoms with E-state index < -0.39 is 0 Å². The maximum absolute atomic E-state index is 6.05. The molecule has 1 N–H and O–H groups in total. The van der Waals surface area contributed by atoms with Crippen molar-refractivity contribution in [3.63, 3.8) is 0 Å². The van der Waals surface area contributed by atoms with Crippen LogP contribution >= 0.6 is 0 Å². The van der Waals surface area contributed by atoms with Crippen molar-refractivity contribution in [1.29, 1.82) is 0 Å². The van der Waals surface area contributed by atoms with Crippen LogP contribution in [0.15, 0.2) is 0 Å². The molecule has 3 rings (SSSR count). The maximum Gasteiger partial charge on any atom is 0.0637 e. The first-order valence-electron chi connectivity index (χ1n) is 6.65. The summed E-state index contributed by atoms with van der Waals surface area (Å²) in [5.41, 5.74) is 1.45. The van der Waals surface area contributed by atoms with Gasteiger partial charge in [0.1, 0.15) is 0 Å². The van der Waals surface area contributed by atoms with Crippen LogP contribution in [0.2, 0.25) is 0 Å². The maximum atomic E-state index is 6.05. The highest BCUT2D eigenvalue weighted by molar-refractivity contribution is 5.21. The molecule has 2 atom stereocenters. The number of ether oxygens (including phenoxy) is 1. The van der Waals surface area contributed by atoms with Crippen LogP contribution in [0, 0.1) is 10.8 Å². The van der Waals surface area contributed by atoms with Crippen LogP contribution in [0.3, 0.4) is 0 Å². The van der Waals surface area contributed by atoms with E-state index in [9.17, 15) is 0 Å². The zero-order valence-corrected chi connectivity index (χ0v) is 9.85. The fraction of sp³-hybridized carbons (Fsp3) is 1.00. The number of hydrogen-bond acceptors (Lipinski definition) is 2. The molecule has 3 aliphatic rings. The molecule has 0 aromatic carbocycles. The Labute approximate surface area is 92.8 Å². The molecule has 0 amide bonds. The average molecular weight is 209 g/mol. The van der Waals surface area contributed by atoms with E-state index in [0.717, 1.165) is 25.1 Å². The van der Waals surface area contributed by atoms with Crippen LogP contribution in [0.1, 0.15) is 45.4 Å². The molecule has 2 heteroatoms. The highest BCUT2D eigenvalue weighted by atomic mass is 16.5. The molecule has 3 saturated carbocycles. The van der Waals surface area contributed by atoms with Crippen molar-refractivity contribution in [2.45, 2.75) is 51.6 Å². The first-order valence-corrected chi connectivity index (χ1v) is 6.65. The normalized spacial score (nSPS) is 40.2. The Morgan fingerprint density at radius 2 is 2.00 bits per heavy atom. The van der Waals surface area contributed by atoms with Gasteiger partial charge in [-0.2, -0.15) is 0 Å². The molecule has 0 aliphatic heterocycles. The predicted octanol–water partition coefficient (Wildman–Crippen LogP) is 2.34. The summed E-state index contributed by atoms with van der Waals surface area (Å²) in [6.07, 6.45) is 9.36. The van der Waals surface area contributed by atoms with Crippen molar-refractivity contribution >= 4 is 0 Å². The van der Waals surface area contributed by atoms with E-state index >= 15 is 0 Å². The van der Waals surface area contributed by atoms with Crippen LogP contribution in [0.4, 0.5) is 0 Å². The molecule has 0 heterocycles. The lowest BCUT2D eigenvalue weighted by Crippen LogP contribution is -2.59. The topological polar surface area (TPSA) is 21.3 Å². The molecule has 0 aromatic rings. The Bertz CT molecular complexity index is 245. The second kappa shape index (κ2) is 3.46. The summed E-state index contributed by atoms with van der Waals surface area (Å²) in [5, 5.41) is 3.33. The van der Waals surface area contributed by atoms with Gasteiger partial charge in [0.15, 0.2) is 0 Å². The zero-order valence-electron chi connectivity index (χ0n) is 9.85. The summed E-state index contributed by atoms with van der Waals surface area (Å²) < 4.78 is 6.05. The lowest BCUT2D eigenvalue weighted by atomic mass is 9.46. The van der Waals surface area contributed by atoms with Gasteiger partial charge < -0.3 is 10.1 Å². The van der Waals surface area contributed by atoms with E-state index in [2.05, 4.69) is 12.2 Å².